The van der Waals surface area contributed by atoms with Crippen LogP contribution in [0, 0.1) is 0 Å². The van der Waals surface area contributed by atoms with Crippen LogP contribution in [0.3, 0.4) is 0 Å². The third kappa shape index (κ3) is 3.83. The van der Waals surface area contributed by atoms with E-state index in [1.807, 2.05) is 0 Å². The van der Waals surface area contributed by atoms with E-state index in [9.17, 15) is 18.0 Å². The lowest BCUT2D eigenvalue weighted by atomic mass is 10.4. The Morgan fingerprint density at radius 1 is 1.45 bits per heavy atom. The predicted octanol–water partition coefficient (Wildman–Crippen LogP) is 2.42. The molecule has 2 aromatic rings. The van der Waals surface area contributed by atoms with E-state index in [-0.39, 0.29) is 18.3 Å². The first-order valence-corrected chi connectivity index (χ1v) is 6.86. The van der Waals surface area contributed by atoms with Gasteiger partial charge in [-0.2, -0.15) is 18.2 Å². The summed E-state index contributed by atoms with van der Waals surface area (Å²) in [6.07, 6.45) is -4.67. The molecule has 0 bridgehead atoms. The summed E-state index contributed by atoms with van der Waals surface area (Å²) in [6, 6.07) is 3.28. The zero-order chi connectivity index (χ0) is 16.3. The van der Waals surface area contributed by atoms with E-state index in [0.717, 1.165) is 4.88 Å². The van der Waals surface area contributed by atoms with E-state index in [0.29, 0.717) is 11.4 Å². The summed E-state index contributed by atoms with van der Waals surface area (Å²) in [5.41, 5.74) is 0. The number of thiophene rings is 1. The van der Waals surface area contributed by atoms with Crippen LogP contribution in [0.15, 0.2) is 16.7 Å². The second kappa shape index (κ2) is 6.44. The first-order valence-electron chi connectivity index (χ1n) is 6.04. The number of methoxy groups -OCH3 is 1. The molecule has 6 nitrogen and oxygen atoms in total. The summed E-state index contributed by atoms with van der Waals surface area (Å²) >= 11 is 1.19. The van der Waals surface area contributed by atoms with Crippen LogP contribution < -0.4 is 0 Å². The maximum atomic E-state index is 12.4. The van der Waals surface area contributed by atoms with Crippen molar-refractivity contribution in [2.24, 2.45) is 0 Å². The highest BCUT2D eigenvalue weighted by Crippen LogP contribution is 2.31. The molecule has 1 amide bonds. The highest BCUT2D eigenvalue weighted by molar-refractivity contribution is 7.15. The molecule has 0 aliphatic heterocycles. The summed E-state index contributed by atoms with van der Waals surface area (Å²) in [7, 11) is 3.03. The number of rotatable bonds is 5. The minimum absolute atomic E-state index is 0.0332. The maximum Gasteiger partial charge on any atom is 0.471 e. The number of carbonyl (C=O) groups excluding carboxylic acids is 1. The van der Waals surface area contributed by atoms with Gasteiger partial charge in [0.25, 0.3) is 0 Å². The largest absolute Gasteiger partial charge is 0.471 e. The van der Waals surface area contributed by atoms with Gasteiger partial charge in [0.1, 0.15) is 6.61 Å². The zero-order valence-corrected chi connectivity index (χ0v) is 12.5. The summed E-state index contributed by atoms with van der Waals surface area (Å²) in [6.45, 7) is 0.283. The molecule has 2 aromatic heterocycles. The molecule has 22 heavy (non-hydrogen) atoms. The average Bonchev–Trinajstić information content (AvgIpc) is 3.06. The van der Waals surface area contributed by atoms with Crippen LogP contribution in [0.1, 0.15) is 10.8 Å². The van der Waals surface area contributed by atoms with E-state index in [1.165, 1.54) is 23.3 Å². The van der Waals surface area contributed by atoms with Gasteiger partial charge in [-0.05, 0) is 12.1 Å². The molecular weight excluding hydrogens is 323 g/mol. The summed E-state index contributed by atoms with van der Waals surface area (Å²) in [5, 5.41) is 3.31. The van der Waals surface area contributed by atoms with Gasteiger partial charge in [0, 0.05) is 19.0 Å². The molecule has 2 heterocycles. The lowest BCUT2D eigenvalue weighted by Crippen LogP contribution is -2.29. The van der Waals surface area contributed by atoms with Gasteiger partial charge in [-0.15, -0.1) is 11.3 Å². The molecule has 0 saturated carbocycles. The van der Waals surface area contributed by atoms with Crippen molar-refractivity contribution in [3.63, 3.8) is 0 Å². The summed E-state index contributed by atoms with van der Waals surface area (Å²) in [4.78, 5) is 17.6. The number of likely N-dealkylation sites (N-methyl/N-ethyl adjacent to an activating group) is 1. The van der Waals surface area contributed by atoms with E-state index in [4.69, 9.17) is 4.74 Å². The van der Waals surface area contributed by atoms with Crippen molar-refractivity contribution in [2.75, 3.05) is 20.8 Å². The first-order chi connectivity index (χ1) is 10.3. The van der Waals surface area contributed by atoms with Crippen LogP contribution in [-0.2, 0) is 22.3 Å². The quantitative estimate of drug-likeness (QED) is 0.839. The molecule has 0 aliphatic carbocycles. The van der Waals surface area contributed by atoms with Gasteiger partial charge < -0.3 is 14.2 Å². The number of hydrogen-bond acceptors (Lipinski definition) is 6. The molecular formula is C12H12F3N3O3S. The molecule has 2 rings (SSSR count). The second-order valence-electron chi connectivity index (χ2n) is 4.37. The van der Waals surface area contributed by atoms with Gasteiger partial charge in [0.2, 0.25) is 11.7 Å². The molecule has 0 aromatic carbocycles. The van der Waals surface area contributed by atoms with Gasteiger partial charge in [0.05, 0.1) is 11.4 Å². The van der Waals surface area contributed by atoms with Crippen molar-refractivity contribution < 1.29 is 27.2 Å². The number of nitrogens with zero attached hydrogens (tertiary/aromatic N) is 3. The standard InChI is InChI=1S/C12H12F3N3O3S/c1-18(9(19)6-20-2)5-7-3-4-8(22-7)10-16-11(21-17-10)12(13,14)15/h3-4H,5-6H2,1-2H3. The Labute approximate surface area is 127 Å². The third-order valence-corrected chi connectivity index (χ3v) is 3.70. The van der Waals surface area contributed by atoms with Crippen molar-refractivity contribution in [3.05, 3.63) is 22.9 Å². The lowest BCUT2D eigenvalue weighted by molar-refractivity contribution is -0.159. The van der Waals surface area contributed by atoms with Crippen molar-refractivity contribution in [1.29, 1.82) is 0 Å². The smallest absolute Gasteiger partial charge is 0.375 e. The van der Waals surface area contributed by atoms with Crippen molar-refractivity contribution in [1.82, 2.24) is 15.0 Å². The Balaban J connectivity index is 2.08. The van der Waals surface area contributed by atoms with Crippen LogP contribution in [0.5, 0.6) is 0 Å². The molecule has 0 unspecified atom stereocenters. The van der Waals surface area contributed by atoms with Gasteiger partial charge in [-0.25, -0.2) is 0 Å². The van der Waals surface area contributed by atoms with Crippen molar-refractivity contribution in [2.45, 2.75) is 12.7 Å². The fourth-order valence-corrected chi connectivity index (χ4v) is 2.56. The van der Waals surface area contributed by atoms with E-state index in [2.05, 4.69) is 14.7 Å². The monoisotopic (exact) mass is 335 g/mol. The molecule has 0 N–H and O–H groups in total. The average molecular weight is 335 g/mol. The topological polar surface area (TPSA) is 68.5 Å². The van der Waals surface area contributed by atoms with E-state index in [1.54, 1.807) is 19.2 Å². The highest BCUT2D eigenvalue weighted by Gasteiger charge is 2.38. The molecule has 10 heteroatoms. The first kappa shape index (κ1) is 16.4. The zero-order valence-electron chi connectivity index (χ0n) is 11.7. The van der Waals surface area contributed by atoms with Gasteiger partial charge in [-0.3, -0.25) is 4.79 Å². The number of halogens is 3. The molecule has 0 spiro atoms. The molecule has 0 saturated heterocycles. The van der Waals surface area contributed by atoms with Gasteiger partial charge in [-0.1, -0.05) is 5.16 Å². The van der Waals surface area contributed by atoms with Crippen molar-refractivity contribution >= 4 is 17.2 Å². The second-order valence-corrected chi connectivity index (χ2v) is 5.54. The number of hydrogen-bond donors (Lipinski definition) is 0. The number of ether oxygens (including phenoxy) is 1. The predicted molar refractivity (Wildman–Crippen MR) is 71.0 cm³/mol. The Bertz CT molecular complexity index is 653. The Morgan fingerprint density at radius 3 is 2.77 bits per heavy atom. The van der Waals surface area contributed by atoms with Crippen LogP contribution >= 0.6 is 11.3 Å². The van der Waals surface area contributed by atoms with Crippen molar-refractivity contribution in [3.8, 4) is 10.7 Å². The van der Waals surface area contributed by atoms with Crippen LogP contribution in [0.4, 0.5) is 13.2 Å². The van der Waals surface area contributed by atoms with Gasteiger partial charge >= 0.3 is 12.1 Å². The lowest BCUT2D eigenvalue weighted by Gasteiger charge is -2.15. The van der Waals surface area contributed by atoms with Crippen LogP contribution in [-0.4, -0.2) is 41.7 Å². The minimum Gasteiger partial charge on any atom is -0.375 e. The summed E-state index contributed by atoms with van der Waals surface area (Å²) < 4.78 is 46.1. The Kier molecular flexibility index (Phi) is 4.81. The van der Waals surface area contributed by atoms with E-state index >= 15 is 0 Å². The highest BCUT2D eigenvalue weighted by atomic mass is 32.1. The molecule has 0 radical (unpaired) electrons. The third-order valence-electron chi connectivity index (χ3n) is 2.64. The Hall–Kier alpha value is -1.94. The molecule has 0 atom stereocenters. The molecule has 120 valence electrons. The van der Waals surface area contributed by atoms with Crippen LogP contribution in [0.2, 0.25) is 0 Å². The summed E-state index contributed by atoms with van der Waals surface area (Å²) in [5.74, 6) is -1.71. The van der Waals surface area contributed by atoms with Crippen LogP contribution in [0.25, 0.3) is 10.7 Å². The fourth-order valence-electron chi connectivity index (χ4n) is 1.58. The number of carbonyl (C=O) groups is 1. The fraction of sp³-hybridized carbons (Fsp3) is 0.417. The number of amides is 1. The normalized spacial score (nSPS) is 11.7. The number of alkyl halides is 3. The SMILES string of the molecule is COCC(=O)N(C)Cc1ccc(-c2noc(C(F)(F)F)n2)s1. The molecule has 0 aliphatic rings. The van der Waals surface area contributed by atoms with Gasteiger partial charge in [0.15, 0.2) is 0 Å². The maximum absolute atomic E-state index is 12.4. The minimum atomic E-state index is -4.67. The van der Waals surface area contributed by atoms with E-state index < -0.39 is 12.1 Å². The number of aromatic nitrogens is 2. The Morgan fingerprint density at radius 2 is 2.18 bits per heavy atom. The molecule has 0 fully saturated rings.